The lowest BCUT2D eigenvalue weighted by atomic mass is 9.78. The Balaban J connectivity index is 5.02. The number of allylic oxidation sites excluding steroid dienone is 5. The van der Waals surface area contributed by atoms with Crippen LogP contribution in [-0.2, 0) is 0 Å². The molecule has 0 aromatic rings. The van der Waals surface area contributed by atoms with E-state index in [1.165, 1.54) is 0 Å². The van der Waals surface area contributed by atoms with Gasteiger partial charge in [-0.1, -0.05) is 12.7 Å². The third-order valence-electron chi connectivity index (χ3n) is 1.34. The highest BCUT2D eigenvalue weighted by atomic mass is 19.1. The second-order valence-corrected chi connectivity index (χ2v) is 2.28. The lowest BCUT2D eigenvalue weighted by Crippen LogP contribution is -2.13. The number of nitrogens with zero attached hydrogens (tertiary/aromatic N) is 1. The minimum absolute atomic E-state index is 0.0199. The maximum Gasteiger partial charge on any atom is 0.488 e. The van der Waals surface area contributed by atoms with Crippen molar-refractivity contribution in [1.29, 1.82) is 5.26 Å². The van der Waals surface area contributed by atoms with E-state index in [2.05, 4.69) is 6.58 Å². The molecule has 0 unspecified atom stereocenters. The van der Waals surface area contributed by atoms with Gasteiger partial charge >= 0.3 is 7.12 Å². The molecule has 68 valence electrons. The molecule has 2 N–H and O–H groups in total. The smallest absolute Gasteiger partial charge is 0.423 e. The van der Waals surface area contributed by atoms with Crippen LogP contribution >= 0.6 is 0 Å². The van der Waals surface area contributed by atoms with Gasteiger partial charge in [-0.2, -0.15) is 5.26 Å². The van der Waals surface area contributed by atoms with Crippen molar-refractivity contribution in [1.82, 2.24) is 0 Å². The predicted molar refractivity (Wildman–Crippen MR) is 47.9 cm³/mol. The minimum Gasteiger partial charge on any atom is -0.423 e. The molecule has 5 heteroatoms. The fourth-order valence-electron chi connectivity index (χ4n) is 0.614. The van der Waals surface area contributed by atoms with Crippen LogP contribution in [0, 0.1) is 11.3 Å². The summed E-state index contributed by atoms with van der Waals surface area (Å²) < 4.78 is 12.5. The van der Waals surface area contributed by atoms with Gasteiger partial charge in [-0.15, -0.1) is 0 Å². The van der Waals surface area contributed by atoms with E-state index in [0.29, 0.717) is 0 Å². The molecule has 0 spiro atoms. The van der Waals surface area contributed by atoms with Crippen LogP contribution < -0.4 is 0 Å². The first-order valence-corrected chi connectivity index (χ1v) is 3.49. The SMILES string of the molecule is C=C/C(=C\C(C#N)=C(/C)F)B(O)O. The summed E-state index contributed by atoms with van der Waals surface area (Å²) >= 11 is 0. The van der Waals surface area contributed by atoms with Crippen LogP contribution in [0.3, 0.4) is 0 Å². The van der Waals surface area contributed by atoms with Crippen LogP contribution in [0.25, 0.3) is 0 Å². The van der Waals surface area contributed by atoms with Gasteiger partial charge in [-0.05, 0) is 18.5 Å². The summed E-state index contributed by atoms with van der Waals surface area (Å²) in [6.07, 6.45) is 2.18. The first-order chi connectivity index (χ1) is 6.02. The highest BCUT2D eigenvalue weighted by molar-refractivity contribution is 6.51. The van der Waals surface area contributed by atoms with Gasteiger partial charge < -0.3 is 10.0 Å². The van der Waals surface area contributed by atoms with Crippen molar-refractivity contribution in [2.24, 2.45) is 0 Å². The number of nitriles is 1. The second-order valence-electron chi connectivity index (χ2n) is 2.28. The molecule has 0 amide bonds. The van der Waals surface area contributed by atoms with E-state index >= 15 is 0 Å². The molecule has 0 saturated carbocycles. The fourth-order valence-corrected chi connectivity index (χ4v) is 0.614. The molecule has 0 fully saturated rings. The predicted octanol–water partition coefficient (Wildman–Crippen LogP) is 0.878. The topological polar surface area (TPSA) is 64.2 Å². The number of hydrogen-bond donors (Lipinski definition) is 2. The van der Waals surface area contributed by atoms with Crippen molar-refractivity contribution < 1.29 is 14.4 Å². The zero-order valence-electron chi connectivity index (χ0n) is 7.16. The summed E-state index contributed by atoms with van der Waals surface area (Å²) in [7, 11) is -1.75. The average molecular weight is 181 g/mol. The van der Waals surface area contributed by atoms with Crippen LogP contribution in [0.4, 0.5) is 4.39 Å². The number of hydrogen-bond acceptors (Lipinski definition) is 3. The van der Waals surface area contributed by atoms with E-state index < -0.39 is 12.9 Å². The van der Waals surface area contributed by atoms with E-state index in [4.69, 9.17) is 15.3 Å². The standard InChI is InChI=1S/C8H9BFNO2/c1-3-8(9(12)13)4-7(5-11)6(2)10/h3-4,12-13H,1H2,2H3/b7-6-,8-4+. The molecule has 0 atom stereocenters. The van der Waals surface area contributed by atoms with Crippen molar-refractivity contribution in [3.05, 3.63) is 35.6 Å². The van der Waals surface area contributed by atoms with Crippen LogP contribution in [0.2, 0.25) is 0 Å². The second kappa shape index (κ2) is 5.30. The molecule has 0 aromatic carbocycles. The molecule has 3 nitrogen and oxygen atoms in total. The van der Waals surface area contributed by atoms with Gasteiger partial charge in [-0.25, -0.2) is 4.39 Å². The Morgan fingerprint density at radius 2 is 2.15 bits per heavy atom. The molecular weight excluding hydrogens is 172 g/mol. The zero-order chi connectivity index (χ0) is 10.4. The zero-order valence-corrected chi connectivity index (χ0v) is 7.16. The number of rotatable bonds is 3. The third kappa shape index (κ3) is 3.70. The van der Waals surface area contributed by atoms with E-state index in [-0.39, 0.29) is 11.0 Å². The largest absolute Gasteiger partial charge is 0.488 e. The average Bonchev–Trinajstić information content (AvgIpc) is 2.05. The molecule has 0 saturated heterocycles. The molecule has 13 heavy (non-hydrogen) atoms. The Morgan fingerprint density at radius 3 is 2.38 bits per heavy atom. The van der Waals surface area contributed by atoms with E-state index in [1.54, 1.807) is 6.07 Å². The van der Waals surface area contributed by atoms with Gasteiger partial charge in [0.2, 0.25) is 0 Å². The van der Waals surface area contributed by atoms with Crippen LogP contribution in [0.15, 0.2) is 35.6 Å². The van der Waals surface area contributed by atoms with Gasteiger partial charge in [0, 0.05) is 0 Å². The molecule has 0 aromatic heterocycles. The van der Waals surface area contributed by atoms with E-state index in [1.807, 2.05) is 0 Å². The van der Waals surface area contributed by atoms with Crippen LogP contribution in [-0.4, -0.2) is 17.2 Å². The summed E-state index contributed by atoms with van der Waals surface area (Å²) in [4.78, 5) is 0. The van der Waals surface area contributed by atoms with Gasteiger partial charge in [0.1, 0.15) is 11.9 Å². The summed E-state index contributed by atoms with van der Waals surface area (Å²) in [6.45, 7) is 4.40. The Kier molecular flexibility index (Phi) is 4.74. The van der Waals surface area contributed by atoms with Crippen LogP contribution in [0.1, 0.15) is 6.92 Å². The number of halogens is 1. The van der Waals surface area contributed by atoms with E-state index in [9.17, 15) is 4.39 Å². The molecule has 0 aliphatic carbocycles. The summed E-state index contributed by atoms with van der Waals surface area (Å²) in [5.41, 5.74) is -0.267. The normalized spacial score (nSPS) is 13.0. The van der Waals surface area contributed by atoms with Crippen molar-refractivity contribution >= 4 is 7.12 Å². The molecular formula is C8H9BFNO2. The van der Waals surface area contributed by atoms with Gasteiger partial charge in [-0.3, -0.25) is 0 Å². The lowest BCUT2D eigenvalue weighted by molar-refractivity contribution is 0.420. The van der Waals surface area contributed by atoms with Crippen molar-refractivity contribution in [2.75, 3.05) is 0 Å². The third-order valence-corrected chi connectivity index (χ3v) is 1.34. The van der Waals surface area contributed by atoms with Gasteiger partial charge in [0.15, 0.2) is 0 Å². The van der Waals surface area contributed by atoms with Crippen molar-refractivity contribution in [2.45, 2.75) is 6.92 Å². The Morgan fingerprint density at radius 1 is 1.62 bits per heavy atom. The summed E-state index contributed by atoms with van der Waals surface area (Å²) in [5, 5.41) is 25.8. The first kappa shape index (κ1) is 11.6. The van der Waals surface area contributed by atoms with Gasteiger partial charge in [0.25, 0.3) is 0 Å². The maximum atomic E-state index is 12.5. The van der Waals surface area contributed by atoms with Crippen LogP contribution in [0.5, 0.6) is 0 Å². The minimum atomic E-state index is -1.75. The van der Waals surface area contributed by atoms with E-state index in [0.717, 1.165) is 19.1 Å². The first-order valence-electron chi connectivity index (χ1n) is 3.49. The molecule has 0 bridgehead atoms. The molecule has 0 aliphatic heterocycles. The summed E-state index contributed by atoms with van der Waals surface area (Å²) in [6, 6.07) is 1.58. The molecule has 0 rings (SSSR count). The molecule has 0 heterocycles. The van der Waals surface area contributed by atoms with Gasteiger partial charge in [0.05, 0.1) is 5.57 Å². The van der Waals surface area contributed by atoms with Crippen molar-refractivity contribution in [3.63, 3.8) is 0 Å². The highest BCUT2D eigenvalue weighted by Gasteiger charge is 2.12. The quantitative estimate of drug-likeness (QED) is 0.385. The summed E-state index contributed by atoms with van der Waals surface area (Å²) in [5.74, 6) is -0.678. The molecule has 0 radical (unpaired) electrons. The highest BCUT2D eigenvalue weighted by Crippen LogP contribution is 2.10. The maximum absolute atomic E-state index is 12.5. The monoisotopic (exact) mass is 181 g/mol. The Labute approximate surface area is 76.3 Å². The fraction of sp³-hybridized carbons (Fsp3) is 0.125. The Hall–Kier alpha value is -1.38. The van der Waals surface area contributed by atoms with Crippen molar-refractivity contribution in [3.8, 4) is 6.07 Å². The molecule has 0 aliphatic rings. The Bertz CT molecular complexity index is 298. The lowest BCUT2D eigenvalue weighted by Gasteiger charge is -1.98.